The third-order valence-corrected chi connectivity index (χ3v) is 6.38. The first kappa shape index (κ1) is 17.7. The van der Waals surface area contributed by atoms with Gasteiger partial charge in [-0.25, -0.2) is 4.98 Å². The monoisotopic (exact) mass is 375 g/mol. The Morgan fingerprint density at radius 3 is 2.81 bits per heavy atom. The fraction of sp³-hybridized carbons (Fsp3) is 0.579. The van der Waals surface area contributed by atoms with Crippen LogP contribution < -0.4 is 11.1 Å². The van der Waals surface area contributed by atoms with Crippen molar-refractivity contribution in [2.75, 3.05) is 32.2 Å². The van der Waals surface area contributed by atoms with Crippen LogP contribution in [0.4, 0.5) is 5.13 Å². The summed E-state index contributed by atoms with van der Waals surface area (Å²) >= 11 is 1.42. The summed E-state index contributed by atoms with van der Waals surface area (Å²) in [6.07, 6.45) is 2.96. The van der Waals surface area contributed by atoms with Gasteiger partial charge in [-0.05, 0) is 49.8 Å². The molecule has 4 rings (SSSR count). The zero-order chi connectivity index (χ0) is 18.1. The molecule has 0 saturated carbocycles. The molecule has 6 nitrogen and oxygen atoms in total. The average molecular weight is 375 g/mol. The Labute approximate surface area is 157 Å². The molecule has 1 aromatic carbocycles. The highest BCUT2D eigenvalue weighted by molar-refractivity contribution is 7.22. The van der Waals surface area contributed by atoms with E-state index in [1.807, 2.05) is 19.1 Å². The molecule has 0 spiro atoms. The van der Waals surface area contributed by atoms with Crippen LogP contribution in [0.15, 0.2) is 12.1 Å². The van der Waals surface area contributed by atoms with Crippen LogP contribution in [0.2, 0.25) is 0 Å². The van der Waals surface area contributed by atoms with E-state index in [2.05, 4.69) is 10.3 Å². The van der Waals surface area contributed by atoms with Gasteiger partial charge in [-0.2, -0.15) is 0 Å². The highest BCUT2D eigenvalue weighted by Gasteiger charge is 2.34. The fourth-order valence-electron chi connectivity index (χ4n) is 4.14. The fourth-order valence-corrected chi connectivity index (χ4v) is 5.00. The van der Waals surface area contributed by atoms with Gasteiger partial charge in [0.15, 0.2) is 5.13 Å². The smallest absolute Gasteiger partial charge is 0.251 e. The molecule has 140 valence electrons. The van der Waals surface area contributed by atoms with Gasteiger partial charge in [0.05, 0.1) is 16.8 Å². The first-order chi connectivity index (χ1) is 12.6. The molecular formula is C19H25N3O3S. The molecule has 2 aliphatic heterocycles. The van der Waals surface area contributed by atoms with Crippen LogP contribution >= 0.6 is 11.3 Å². The highest BCUT2D eigenvalue weighted by Crippen LogP contribution is 2.31. The van der Waals surface area contributed by atoms with Crippen LogP contribution in [0.3, 0.4) is 0 Å². The minimum Gasteiger partial charge on any atom is -0.381 e. The summed E-state index contributed by atoms with van der Waals surface area (Å²) in [5.41, 5.74) is 8.36. The van der Waals surface area contributed by atoms with E-state index < -0.39 is 0 Å². The Balaban J connectivity index is 1.52. The lowest BCUT2D eigenvalue weighted by atomic mass is 9.79. The summed E-state index contributed by atoms with van der Waals surface area (Å²) in [6, 6.07) is 3.95. The first-order valence-corrected chi connectivity index (χ1v) is 10.1. The van der Waals surface area contributed by atoms with Crippen LogP contribution in [0.1, 0.15) is 35.2 Å². The van der Waals surface area contributed by atoms with Crippen molar-refractivity contribution in [2.24, 2.45) is 11.8 Å². The standard InChI is InChI=1S/C19H25N3O3S/c1-11-8-13(9-16-17(11)22-19(20)26-16)18(23)21-15-4-7-25-10-14(15)12-2-5-24-6-3-12/h8-9,12,14-15H,2-7,10H2,1H3,(H2,20,22)(H,21,23)/t14-,15-/m0/s1. The van der Waals surface area contributed by atoms with Gasteiger partial charge in [0.25, 0.3) is 5.91 Å². The number of hydrogen-bond donors (Lipinski definition) is 2. The Morgan fingerprint density at radius 2 is 2.00 bits per heavy atom. The molecule has 3 heterocycles. The number of nitrogens with zero attached hydrogens (tertiary/aromatic N) is 1. The van der Waals surface area contributed by atoms with Crippen LogP contribution in [0.25, 0.3) is 10.2 Å². The number of thiazole rings is 1. The lowest BCUT2D eigenvalue weighted by Gasteiger charge is -2.39. The van der Waals surface area contributed by atoms with E-state index in [4.69, 9.17) is 15.2 Å². The van der Waals surface area contributed by atoms with E-state index in [0.29, 0.717) is 29.1 Å². The second-order valence-corrected chi connectivity index (χ2v) is 8.31. The molecule has 0 aliphatic carbocycles. The minimum atomic E-state index is -0.0223. The number of aromatic nitrogens is 1. The van der Waals surface area contributed by atoms with Gasteiger partial charge in [-0.3, -0.25) is 4.79 Å². The second-order valence-electron chi connectivity index (χ2n) is 7.25. The van der Waals surface area contributed by atoms with E-state index in [9.17, 15) is 4.79 Å². The van der Waals surface area contributed by atoms with E-state index in [0.717, 1.165) is 54.9 Å². The van der Waals surface area contributed by atoms with Crippen molar-refractivity contribution in [3.8, 4) is 0 Å². The maximum atomic E-state index is 12.9. The lowest BCUT2D eigenvalue weighted by Crippen LogP contribution is -2.49. The van der Waals surface area contributed by atoms with E-state index in [1.165, 1.54) is 11.3 Å². The number of carbonyl (C=O) groups is 1. The molecule has 3 N–H and O–H groups in total. The molecule has 2 atom stereocenters. The Hall–Kier alpha value is -1.70. The number of rotatable bonds is 3. The van der Waals surface area contributed by atoms with Gasteiger partial charge in [0, 0.05) is 37.3 Å². The van der Waals surface area contributed by atoms with Crippen LogP contribution in [0, 0.1) is 18.8 Å². The number of carbonyl (C=O) groups excluding carboxylic acids is 1. The topological polar surface area (TPSA) is 86.5 Å². The largest absolute Gasteiger partial charge is 0.381 e. The predicted octanol–water partition coefficient (Wildman–Crippen LogP) is 2.75. The van der Waals surface area contributed by atoms with Crippen molar-refractivity contribution in [3.05, 3.63) is 23.3 Å². The number of anilines is 1. The minimum absolute atomic E-state index is 0.0223. The number of nitrogens with one attached hydrogen (secondary N) is 1. The van der Waals surface area contributed by atoms with Crippen LogP contribution in [-0.4, -0.2) is 43.4 Å². The zero-order valence-electron chi connectivity index (χ0n) is 15.0. The van der Waals surface area contributed by atoms with Crippen molar-refractivity contribution < 1.29 is 14.3 Å². The molecule has 0 bridgehead atoms. The maximum absolute atomic E-state index is 12.9. The molecule has 1 amide bonds. The summed E-state index contributed by atoms with van der Waals surface area (Å²) in [5, 5.41) is 3.81. The number of amides is 1. The van der Waals surface area contributed by atoms with E-state index in [1.54, 1.807) is 0 Å². The molecular weight excluding hydrogens is 350 g/mol. The van der Waals surface area contributed by atoms with E-state index in [-0.39, 0.29) is 11.9 Å². The highest BCUT2D eigenvalue weighted by atomic mass is 32.1. The SMILES string of the molecule is Cc1cc(C(=O)N[C@H]2CCOC[C@H]2C2CCOCC2)cc2sc(N)nc12. The molecule has 2 aliphatic rings. The lowest BCUT2D eigenvalue weighted by molar-refractivity contribution is -0.0259. The third kappa shape index (κ3) is 3.56. The molecule has 7 heteroatoms. The predicted molar refractivity (Wildman–Crippen MR) is 102 cm³/mol. The molecule has 0 unspecified atom stereocenters. The summed E-state index contributed by atoms with van der Waals surface area (Å²) in [7, 11) is 0. The zero-order valence-corrected chi connectivity index (χ0v) is 15.8. The van der Waals surface area contributed by atoms with Crippen molar-refractivity contribution >= 4 is 32.6 Å². The van der Waals surface area contributed by atoms with Gasteiger partial charge in [-0.15, -0.1) is 0 Å². The van der Waals surface area contributed by atoms with Gasteiger partial charge >= 0.3 is 0 Å². The van der Waals surface area contributed by atoms with Crippen molar-refractivity contribution in [1.82, 2.24) is 10.3 Å². The van der Waals surface area contributed by atoms with Gasteiger partial charge in [0.1, 0.15) is 0 Å². The third-order valence-electron chi connectivity index (χ3n) is 5.55. The number of nitrogens with two attached hydrogens (primary N) is 1. The Bertz CT molecular complexity index is 801. The number of benzene rings is 1. The van der Waals surface area contributed by atoms with Crippen molar-refractivity contribution in [3.63, 3.8) is 0 Å². The molecule has 2 aromatic rings. The van der Waals surface area contributed by atoms with Crippen molar-refractivity contribution in [1.29, 1.82) is 0 Å². The number of nitrogen functional groups attached to an aromatic ring is 1. The number of fused-ring (bicyclic) bond motifs is 1. The Morgan fingerprint density at radius 1 is 1.23 bits per heavy atom. The van der Waals surface area contributed by atoms with E-state index >= 15 is 0 Å². The summed E-state index contributed by atoms with van der Waals surface area (Å²) in [6.45, 7) is 5.01. The van der Waals surface area contributed by atoms with Crippen LogP contribution in [0.5, 0.6) is 0 Å². The van der Waals surface area contributed by atoms with Crippen molar-refractivity contribution in [2.45, 2.75) is 32.2 Å². The number of ether oxygens (including phenoxy) is 2. The number of aryl methyl sites for hydroxylation is 1. The summed E-state index contributed by atoms with van der Waals surface area (Å²) < 4.78 is 12.2. The summed E-state index contributed by atoms with van der Waals surface area (Å²) in [5.74, 6) is 0.895. The van der Waals surface area contributed by atoms with Crippen LogP contribution in [-0.2, 0) is 9.47 Å². The molecule has 2 saturated heterocycles. The first-order valence-electron chi connectivity index (χ1n) is 9.25. The van der Waals surface area contributed by atoms with Gasteiger partial charge in [0.2, 0.25) is 0 Å². The number of hydrogen-bond acceptors (Lipinski definition) is 6. The second kappa shape index (κ2) is 7.50. The average Bonchev–Trinajstić information content (AvgIpc) is 3.04. The van der Waals surface area contributed by atoms with Gasteiger partial charge < -0.3 is 20.5 Å². The normalized spacial score (nSPS) is 24.7. The Kier molecular flexibility index (Phi) is 5.11. The molecule has 1 aromatic heterocycles. The maximum Gasteiger partial charge on any atom is 0.251 e. The quantitative estimate of drug-likeness (QED) is 0.861. The molecule has 26 heavy (non-hydrogen) atoms. The molecule has 2 fully saturated rings. The summed E-state index contributed by atoms with van der Waals surface area (Å²) in [4.78, 5) is 17.3. The molecule has 0 radical (unpaired) electrons. The van der Waals surface area contributed by atoms with Gasteiger partial charge in [-0.1, -0.05) is 11.3 Å².